The maximum atomic E-state index is 11.9. The van der Waals surface area contributed by atoms with Crippen LogP contribution in [-0.2, 0) is 6.61 Å². The SMILES string of the molecule is O=C(c1ccc(OCc2ccccc2)c2ncccc12)C(O)O. The van der Waals surface area contributed by atoms with E-state index in [-0.39, 0.29) is 5.56 Å². The average molecular weight is 309 g/mol. The fourth-order valence-electron chi connectivity index (χ4n) is 2.35. The van der Waals surface area contributed by atoms with Gasteiger partial charge in [-0.25, -0.2) is 0 Å². The first-order chi connectivity index (χ1) is 11.2. The Balaban J connectivity index is 1.96. The Morgan fingerprint density at radius 1 is 1.04 bits per heavy atom. The lowest BCUT2D eigenvalue weighted by molar-refractivity contribution is -0.0194. The number of Topliss-reactive ketones (excluding diaryl/α,β-unsaturated/α-hetero) is 1. The Morgan fingerprint density at radius 2 is 1.83 bits per heavy atom. The summed E-state index contributed by atoms with van der Waals surface area (Å²) in [5.41, 5.74) is 1.73. The van der Waals surface area contributed by atoms with Gasteiger partial charge in [-0.05, 0) is 23.8 Å². The lowest BCUT2D eigenvalue weighted by atomic mass is 10.0. The number of ketones is 1. The van der Waals surface area contributed by atoms with Crippen molar-refractivity contribution in [3.8, 4) is 5.75 Å². The van der Waals surface area contributed by atoms with Crippen LogP contribution in [0, 0.1) is 0 Å². The Kier molecular flexibility index (Phi) is 4.32. The smallest absolute Gasteiger partial charge is 0.219 e. The molecule has 3 aromatic rings. The van der Waals surface area contributed by atoms with E-state index in [2.05, 4.69) is 4.98 Å². The molecule has 23 heavy (non-hydrogen) atoms. The summed E-state index contributed by atoms with van der Waals surface area (Å²) in [5, 5.41) is 18.7. The van der Waals surface area contributed by atoms with Crippen LogP contribution < -0.4 is 4.74 Å². The number of hydrogen-bond acceptors (Lipinski definition) is 5. The number of carbonyl (C=O) groups is 1. The van der Waals surface area contributed by atoms with Crippen molar-refractivity contribution >= 4 is 16.7 Å². The molecule has 0 aliphatic heterocycles. The maximum Gasteiger partial charge on any atom is 0.219 e. The number of benzene rings is 2. The van der Waals surface area contributed by atoms with Crippen molar-refractivity contribution in [2.24, 2.45) is 0 Å². The average Bonchev–Trinajstić information content (AvgIpc) is 2.60. The molecular formula is C18H15NO4. The molecule has 0 atom stereocenters. The highest BCUT2D eigenvalue weighted by molar-refractivity contribution is 6.09. The van der Waals surface area contributed by atoms with E-state index in [0.29, 0.717) is 23.3 Å². The lowest BCUT2D eigenvalue weighted by Crippen LogP contribution is -2.19. The van der Waals surface area contributed by atoms with Gasteiger partial charge in [0.2, 0.25) is 12.1 Å². The zero-order valence-electron chi connectivity index (χ0n) is 12.2. The summed E-state index contributed by atoms with van der Waals surface area (Å²) in [5.74, 6) is -0.231. The lowest BCUT2D eigenvalue weighted by Gasteiger charge is -2.12. The molecule has 2 N–H and O–H groups in total. The van der Waals surface area contributed by atoms with Crippen molar-refractivity contribution in [2.75, 3.05) is 0 Å². The first-order valence-electron chi connectivity index (χ1n) is 7.11. The molecule has 1 heterocycles. The summed E-state index contributed by atoms with van der Waals surface area (Å²) in [6.07, 6.45) is -0.448. The monoisotopic (exact) mass is 309 g/mol. The first-order valence-corrected chi connectivity index (χ1v) is 7.11. The van der Waals surface area contributed by atoms with E-state index in [4.69, 9.17) is 14.9 Å². The number of aliphatic hydroxyl groups is 2. The molecule has 0 aliphatic carbocycles. The summed E-state index contributed by atoms with van der Waals surface area (Å²) < 4.78 is 5.80. The van der Waals surface area contributed by atoms with E-state index in [0.717, 1.165) is 5.56 Å². The molecule has 1 aromatic heterocycles. The normalized spacial score (nSPS) is 10.9. The summed E-state index contributed by atoms with van der Waals surface area (Å²) in [4.78, 5) is 16.1. The molecule has 0 amide bonds. The summed E-state index contributed by atoms with van der Waals surface area (Å²) in [6.45, 7) is 0.377. The van der Waals surface area contributed by atoms with Gasteiger partial charge in [0.1, 0.15) is 17.9 Å². The van der Waals surface area contributed by atoms with Crippen molar-refractivity contribution in [1.82, 2.24) is 4.98 Å². The molecule has 0 fully saturated rings. The topological polar surface area (TPSA) is 79.7 Å². The number of carbonyl (C=O) groups excluding carboxylic acids is 1. The first kappa shape index (κ1) is 15.1. The zero-order valence-corrected chi connectivity index (χ0v) is 12.2. The Labute approximate surface area is 132 Å². The highest BCUT2D eigenvalue weighted by Gasteiger charge is 2.18. The van der Waals surface area contributed by atoms with E-state index in [1.54, 1.807) is 24.4 Å². The van der Waals surface area contributed by atoms with Gasteiger partial charge in [-0.1, -0.05) is 36.4 Å². The molecule has 0 saturated heterocycles. The van der Waals surface area contributed by atoms with Crippen molar-refractivity contribution < 1.29 is 19.7 Å². The zero-order chi connectivity index (χ0) is 16.2. The van der Waals surface area contributed by atoms with E-state index < -0.39 is 12.1 Å². The van der Waals surface area contributed by atoms with Crippen LogP contribution >= 0.6 is 0 Å². The maximum absolute atomic E-state index is 11.9. The second kappa shape index (κ2) is 6.56. The number of fused-ring (bicyclic) bond motifs is 1. The Hall–Kier alpha value is -2.76. The molecular weight excluding hydrogens is 294 g/mol. The van der Waals surface area contributed by atoms with E-state index in [1.165, 1.54) is 6.07 Å². The van der Waals surface area contributed by atoms with Crippen LogP contribution in [0.5, 0.6) is 5.75 Å². The molecule has 0 aliphatic rings. The fraction of sp³-hybridized carbons (Fsp3) is 0.111. The number of hydrogen-bond donors (Lipinski definition) is 2. The number of ether oxygens (including phenoxy) is 1. The minimum atomic E-state index is -2.05. The van der Waals surface area contributed by atoms with Gasteiger partial charge in [0.25, 0.3) is 0 Å². The highest BCUT2D eigenvalue weighted by atomic mass is 16.5. The molecule has 5 heteroatoms. The van der Waals surface area contributed by atoms with E-state index in [1.807, 2.05) is 30.3 Å². The van der Waals surface area contributed by atoms with Crippen molar-refractivity contribution in [1.29, 1.82) is 0 Å². The molecule has 2 aromatic carbocycles. The van der Waals surface area contributed by atoms with Crippen molar-refractivity contribution in [2.45, 2.75) is 12.9 Å². The predicted octanol–water partition coefficient (Wildman–Crippen LogP) is 2.31. The third-order valence-corrected chi connectivity index (χ3v) is 3.47. The minimum absolute atomic E-state index is 0.204. The van der Waals surface area contributed by atoms with Crippen LogP contribution in [0.4, 0.5) is 0 Å². The Morgan fingerprint density at radius 3 is 2.57 bits per heavy atom. The third kappa shape index (κ3) is 3.21. The van der Waals surface area contributed by atoms with Crippen molar-refractivity contribution in [3.63, 3.8) is 0 Å². The van der Waals surface area contributed by atoms with Gasteiger partial charge < -0.3 is 14.9 Å². The molecule has 0 bridgehead atoms. The van der Waals surface area contributed by atoms with Gasteiger partial charge in [-0.15, -0.1) is 0 Å². The number of rotatable bonds is 5. The molecule has 0 saturated carbocycles. The van der Waals surface area contributed by atoms with Crippen LogP contribution in [0.15, 0.2) is 60.8 Å². The van der Waals surface area contributed by atoms with Gasteiger partial charge in [0.15, 0.2) is 0 Å². The van der Waals surface area contributed by atoms with E-state index in [9.17, 15) is 4.79 Å². The molecule has 0 spiro atoms. The predicted molar refractivity (Wildman–Crippen MR) is 85.1 cm³/mol. The third-order valence-electron chi connectivity index (χ3n) is 3.47. The van der Waals surface area contributed by atoms with Crippen LogP contribution in [0.3, 0.4) is 0 Å². The van der Waals surface area contributed by atoms with Crippen LogP contribution in [0.1, 0.15) is 15.9 Å². The molecule has 116 valence electrons. The van der Waals surface area contributed by atoms with E-state index >= 15 is 0 Å². The molecule has 0 unspecified atom stereocenters. The Bertz CT molecular complexity index is 831. The number of nitrogens with zero attached hydrogens (tertiary/aromatic N) is 1. The van der Waals surface area contributed by atoms with Gasteiger partial charge >= 0.3 is 0 Å². The van der Waals surface area contributed by atoms with Gasteiger partial charge in [0, 0.05) is 17.1 Å². The second-order valence-corrected chi connectivity index (χ2v) is 5.02. The van der Waals surface area contributed by atoms with Crippen LogP contribution in [0.2, 0.25) is 0 Å². The van der Waals surface area contributed by atoms with Crippen molar-refractivity contribution in [3.05, 3.63) is 71.9 Å². The quantitative estimate of drug-likeness (QED) is 0.558. The van der Waals surface area contributed by atoms with Gasteiger partial charge in [-0.2, -0.15) is 0 Å². The number of pyridine rings is 1. The fourth-order valence-corrected chi connectivity index (χ4v) is 2.35. The summed E-state index contributed by atoms with van der Waals surface area (Å²) in [7, 11) is 0. The summed E-state index contributed by atoms with van der Waals surface area (Å²) in [6, 6.07) is 16.2. The molecule has 3 rings (SSSR count). The second-order valence-electron chi connectivity index (χ2n) is 5.02. The summed E-state index contributed by atoms with van der Waals surface area (Å²) >= 11 is 0. The van der Waals surface area contributed by atoms with Gasteiger partial charge in [-0.3, -0.25) is 9.78 Å². The van der Waals surface area contributed by atoms with Gasteiger partial charge in [0.05, 0.1) is 0 Å². The molecule has 0 radical (unpaired) electrons. The minimum Gasteiger partial charge on any atom is -0.487 e. The standard InChI is InChI=1S/C18H15NO4/c20-17(18(21)22)14-8-9-15(16-13(14)7-4-10-19-16)23-11-12-5-2-1-3-6-12/h1-10,18,21-22H,11H2. The van der Waals surface area contributed by atoms with Crippen LogP contribution in [0.25, 0.3) is 10.9 Å². The molecule has 5 nitrogen and oxygen atoms in total. The highest BCUT2D eigenvalue weighted by Crippen LogP contribution is 2.28. The number of aliphatic hydroxyl groups excluding tert-OH is 1. The largest absolute Gasteiger partial charge is 0.487 e. The van der Waals surface area contributed by atoms with Crippen LogP contribution in [-0.4, -0.2) is 27.3 Å². The number of aromatic nitrogens is 1.